The van der Waals surface area contributed by atoms with Crippen molar-refractivity contribution in [3.63, 3.8) is 0 Å². The molecule has 3 heteroatoms. The first kappa shape index (κ1) is 9.58. The predicted octanol–water partition coefficient (Wildman–Crippen LogP) is 1.32. The molecule has 16 heavy (non-hydrogen) atoms. The van der Waals surface area contributed by atoms with E-state index in [0.29, 0.717) is 5.92 Å². The Bertz CT molecular complexity index is 454. The highest BCUT2D eigenvalue weighted by Crippen LogP contribution is 2.28. The fourth-order valence-corrected chi connectivity index (χ4v) is 2.49. The Morgan fingerprint density at radius 1 is 1.25 bits per heavy atom. The topological polar surface area (TPSA) is 41.5 Å². The number of carbonyl (C=O) groups is 1. The molecule has 1 aromatic rings. The minimum absolute atomic E-state index is 0.0333. The zero-order valence-corrected chi connectivity index (χ0v) is 9.23. The number of hydrogen-bond acceptors (Lipinski definition) is 2. The van der Waals surface area contributed by atoms with Gasteiger partial charge in [0.05, 0.1) is 0 Å². The lowest BCUT2D eigenvalue weighted by atomic mass is 10.1. The van der Waals surface area contributed by atoms with Gasteiger partial charge >= 0.3 is 0 Å². The van der Waals surface area contributed by atoms with Crippen molar-refractivity contribution in [2.45, 2.75) is 25.8 Å². The Labute approximate surface area is 94.6 Å². The summed E-state index contributed by atoms with van der Waals surface area (Å²) in [7, 11) is 0. The molecule has 1 heterocycles. The molecule has 0 aromatic heterocycles. The second-order valence-corrected chi connectivity index (χ2v) is 4.55. The predicted molar refractivity (Wildman–Crippen MR) is 62.4 cm³/mol. The summed E-state index contributed by atoms with van der Waals surface area (Å²) >= 11 is 0. The molecule has 2 aliphatic rings. The van der Waals surface area contributed by atoms with Crippen LogP contribution in [0.25, 0.3) is 0 Å². The van der Waals surface area contributed by atoms with Crippen molar-refractivity contribution in [3.8, 4) is 0 Å². The van der Waals surface area contributed by atoms with Gasteiger partial charge in [-0.2, -0.15) is 0 Å². The van der Waals surface area contributed by atoms with E-state index in [-0.39, 0.29) is 11.9 Å². The van der Waals surface area contributed by atoms with Crippen molar-refractivity contribution >= 4 is 11.7 Å². The third kappa shape index (κ3) is 1.43. The Kier molecular flexibility index (Phi) is 2.06. The molecule has 0 saturated carbocycles. The zero-order valence-electron chi connectivity index (χ0n) is 9.23. The molecule has 3 nitrogen and oxygen atoms in total. The molecule has 1 N–H and O–H groups in total. The van der Waals surface area contributed by atoms with E-state index in [1.54, 1.807) is 0 Å². The van der Waals surface area contributed by atoms with E-state index < -0.39 is 0 Å². The van der Waals surface area contributed by atoms with Gasteiger partial charge < -0.3 is 5.32 Å². The lowest BCUT2D eigenvalue weighted by molar-refractivity contribution is -0.119. The van der Waals surface area contributed by atoms with Gasteiger partial charge in [-0.05, 0) is 30.9 Å². The number of hydrogen-bond donors (Lipinski definition) is 1. The maximum Gasteiger partial charge on any atom is 0.249 e. The molecule has 1 aromatic carbocycles. The van der Waals surface area contributed by atoms with Crippen LogP contribution < -0.4 is 5.32 Å². The summed E-state index contributed by atoms with van der Waals surface area (Å²) < 4.78 is 0. The number of nitrogens with zero attached hydrogens (tertiary/aromatic N) is 1. The maximum absolute atomic E-state index is 11.4. The van der Waals surface area contributed by atoms with Crippen LogP contribution in [0.2, 0.25) is 0 Å². The zero-order chi connectivity index (χ0) is 11.1. The number of benzene rings is 1. The maximum atomic E-state index is 11.4. The van der Waals surface area contributed by atoms with E-state index in [9.17, 15) is 4.79 Å². The van der Waals surface area contributed by atoms with Crippen LogP contribution in [0.15, 0.2) is 29.3 Å². The van der Waals surface area contributed by atoms with Gasteiger partial charge in [0.25, 0.3) is 0 Å². The van der Waals surface area contributed by atoms with Gasteiger partial charge in [0.1, 0.15) is 11.9 Å². The van der Waals surface area contributed by atoms with Crippen molar-refractivity contribution in [1.29, 1.82) is 0 Å². The van der Waals surface area contributed by atoms with Gasteiger partial charge in [-0.3, -0.25) is 9.79 Å². The van der Waals surface area contributed by atoms with Gasteiger partial charge in [0.15, 0.2) is 0 Å². The minimum atomic E-state index is -0.210. The van der Waals surface area contributed by atoms with E-state index >= 15 is 0 Å². The first-order valence-electron chi connectivity index (χ1n) is 5.69. The minimum Gasteiger partial charge on any atom is -0.312 e. The standard InChI is InChI=1S/C13H14N2O/c1-8-13(16)15-12(14-8)11-6-9-4-2-3-5-10(9)7-11/h2-5,8,11H,6-7H2,1H3,(H,14,15,16). The molecule has 1 unspecified atom stereocenters. The van der Waals surface area contributed by atoms with Crippen molar-refractivity contribution < 1.29 is 4.79 Å². The van der Waals surface area contributed by atoms with Crippen molar-refractivity contribution in [2.24, 2.45) is 10.9 Å². The molecule has 0 bridgehead atoms. The third-order valence-electron chi connectivity index (χ3n) is 3.40. The normalized spacial score (nSPS) is 24.2. The van der Waals surface area contributed by atoms with Crippen molar-refractivity contribution in [2.75, 3.05) is 0 Å². The quantitative estimate of drug-likeness (QED) is 0.752. The molecular weight excluding hydrogens is 200 g/mol. The summed E-state index contributed by atoms with van der Waals surface area (Å²) in [6, 6.07) is 8.25. The van der Waals surface area contributed by atoms with Crippen molar-refractivity contribution in [1.82, 2.24) is 5.32 Å². The van der Waals surface area contributed by atoms with Crippen molar-refractivity contribution in [3.05, 3.63) is 35.4 Å². The Morgan fingerprint density at radius 3 is 2.38 bits per heavy atom. The number of fused-ring (bicyclic) bond motifs is 1. The summed E-state index contributed by atoms with van der Waals surface area (Å²) in [5.41, 5.74) is 2.79. The molecule has 0 radical (unpaired) electrons. The molecule has 82 valence electrons. The van der Waals surface area contributed by atoms with Crippen LogP contribution in [-0.2, 0) is 17.6 Å². The average molecular weight is 214 g/mol. The van der Waals surface area contributed by atoms with E-state index in [0.717, 1.165) is 18.7 Å². The first-order chi connectivity index (χ1) is 7.74. The molecule has 1 amide bonds. The molecule has 0 saturated heterocycles. The number of amidine groups is 1. The molecule has 0 spiro atoms. The van der Waals surface area contributed by atoms with E-state index in [1.165, 1.54) is 11.1 Å². The summed E-state index contributed by atoms with van der Waals surface area (Å²) in [6.07, 6.45) is 2.00. The lowest BCUT2D eigenvalue weighted by Gasteiger charge is -2.07. The van der Waals surface area contributed by atoms with E-state index in [2.05, 4.69) is 34.6 Å². The largest absolute Gasteiger partial charge is 0.312 e. The molecule has 3 rings (SSSR count). The van der Waals surface area contributed by atoms with Crippen LogP contribution in [0.4, 0.5) is 0 Å². The second kappa shape index (κ2) is 3.44. The summed E-state index contributed by atoms with van der Waals surface area (Å²) in [6.45, 7) is 1.84. The molecular formula is C13H14N2O. The van der Waals surface area contributed by atoms with Gasteiger partial charge in [-0.15, -0.1) is 0 Å². The van der Waals surface area contributed by atoms with Crippen LogP contribution in [0.1, 0.15) is 18.1 Å². The highest BCUT2D eigenvalue weighted by Gasteiger charge is 2.31. The fraction of sp³-hybridized carbons (Fsp3) is 0.385. The summed E-state index contributed by atoms with van der Waals surface area (Å²) in [4.78, 5) is 15.8. The van der Waals surface area contributed by atoms with Crippen LogP contribution in [0, 0.1) is 5.92 Å². The van der Waals surface area contributed by atoms with E-state index in [4.69, 9.17) is 0 Å². The SMILES string of the molecule is CC1N=C(C2Cc3ccccc3C2)NC1=O. The Hall–Kier alpha value is -1.64. The Balaban J connectivity index is 1.82. The van der Waals surface area contributed by atoms with Crippen LogP contribution in [0.5, 0.6) is 0 Å². The fourth-order valence-electron chi connectivity index (χ4n) is 2.49. The van der Waals surface area contributed by atoms with Crippen LogP contribution in [-0.4, -0.2) is 17.8 Å². The monoisotopic (exact) mass is 214 g/mol. The molecule has 1 atom stereocenters. The number of carbonyl (C=O) groups excluding carboxylic acids is 1. The molecule has 1 aliphatic carbocycles. The third-order valence-corrected chi connectivity index (χ3v) is 3.40. The van der Waals surface area contributed by atoms with Crippen LogP contribution in [0.3, 0.4) is 0 Å². The summed E-state index contributed by atoms with van der Waals surface area (Å²) in [5, 5.41) is 2.89. The smallest absolute Gasteiger partial charge is 0.249 e. The number of nitrogens with one attached hydrogen (secondary N) is 1. The summed E-state index contributed by atoms with van der Waals surface area (Å²) in [5.74, 6) is 1.28. The van der Waals surface area contributed by atoms with Gasteiger partial charge in [0.2, 0.25) is 5.91 Å². The molecule has 1 aliphatic heterocycles. The van der Waals surface area contributed by atoms with Crippen LogP contribution >= 0.6 is 0 Å². The number of aliphatic imine (C=N–C) groups is 1. The highest BCUT2D eigenvalue weighted by atomic mass is 16.2. The van der Waals surface area contributed by atoms with Gasteiger partial charge in [-0.1, -0.05) is 24.3 Å². The molecule has 0 fully saturated rings. The average Bonchev–Trinajstić information content (AvgIpc) is 2.83. The first-order valence-corrected chi connectivity index (χ1v) is 5.69. The van der Waals surface area contributed by atoms with Gasteiger partial charge in [0, 0.05) is 5.92 Å². The lowest BCUT2D eigenvalue weighted by Crippen LogP contribution is -2.32. The van der Waals surface area contributed by atoms with Gasteiger partial charge in [-0.25, -0.2) is 0 Å². The second-order valence-electron chi connectivity index (χ2n) is 4.55. The highest BCUT2D eigenvalue weighted by molar-refractivity contribution is 6.06. The Morgan fingerprint density at radius 2 is 1.88 bits per heavy atom. The number of amides is 1. The number of rotatable bonds is 1. The van der Waals surface area contributed by atoms with E-state index in [1.807, 2.05) is 6.92 Å².